The first-order valence-corrected chi connectivity index (χ1v) is 7.00. The van der Waals surface area contributed by atoms with Crippen molar-refractivity contribution in [3.8, 4) is 0 Å². The zero-order valence-electron chi connectivity index (χ0n) is 11.4. The van der Waals surface area contributed by atoms with Crippen molar-refractivity contribution < 1.29 is 0 Å². The van der Waals surface area contributed by atoms with Gasteiger partial charge in [0, 0.05) is 24.3 Å². The van der Waals surface area contributed by atoms with Gasteiger partial charge in [0.1, 0.15) is 0 Å². The number of hydrogen-bond acceptors (Lipinski definition) is 2. The Hall–Kier alpha value is -1.61. The van der Waals surface area contributed by atoms with Gasteiger partial charge in [-0.1, -0.05) is 30.3 Å². The lowest BCUT2D eigenvalue weighted by Gasteiger charge is -2.36. The molecule has 1 saturated carbocycles. The Kier molecular flexibility index (Phi) is 3.15. The lowest BCUT2D eigenvalue weighted by molar-refractivity contribution is 0.277. The monoisotopic (exact) mass is 255 g/mol. The molecule has 2 aromatic rings. The first kappa shape index (κ1) is 12.4. The van der Waals surface area contributed by atoms with Gasteiger partial charge in [-0.15, -0.1) is 0 Å². The van der Waals surface area contributed by atoms with Crippen LogP contribution in [0.5, 0.6) is 0 Å². The van der Waals surface area contributed by atoms with Crippen LogP contribution in [-0.4, -0.2) is 9.78 Å². The molecule has 2 N–H and O–H groups in total. The van der Waals surface area contributed by atoms with Crippen molar-refractivity contribution in [2.24, 2.45) is 12.8 Å². The molecule has 0 unspecified atom stereocenters. The van der Waals surface area contributed by atoms with Crippen LogP contribution in [-0.2, 0) is 12.6 Å². The van der Waals surface area contributed by atoms with Crippen LogP contribution in [0.1, 0.15) is 42.7 Å². The number of hydrogen-bond donors (Lipinski definition) is 1. The summed E-state index contributed by atoms with van der Waals surface area (Å²) in [5.41, 5.74) is 9.04. The van der Waals surface area contributed by atoms with Crippen LogP contribution in [0, 0.1) is 0 Å². The van der Waals surface area contributed by atoms with Crippen molar-refractivity contribution in [3.63, 3.8) is 0 Å². The second-order valence-electron chi connectivity index (χ2n) is 5.74. The first-order valence-electron chi connectivity index (χ1n) is 7.00. The van der Waals surface area contributed by atoms with Gasteiger partial charge in [-0.25, -0.2) is 0 Å². The molecule has 1 heterocycles. The van der Waals surface area contributed by atoms with Crippen LogP contribution in [0.4, 0.5) is 0 Å². The molecule has 3 rings (SSSR count). The summed E-state index contributed by atoms with van der Waals surface area (Å²) in [5.74, 6) is 0.662. The number of nitrogens with two attached hydrogens (primary N) is 1. The molecular weight excluding hydrogens is 234 g/mol. The fourth-order valence-electron chi connectivity index (χ4n) is 3.16. The quantitative estimate of drug-likeness (QED) is 0.896. The van der Waals surface area contributed by atoms with E-state index in [9.17, 15) is 0 Å². The maximum atomic E-state index is 6.58. The van der Waals surface area contributed by atoms with E-state index in [1.165, 1.54) is 11.1 Å². The molecule has 0 radical (unpaired) electrons. The number of rotatable bonds is 2. The Morgan fingerprint density at radius 3 is 2.47 bits per heavy atom. The van der Waals surface area contributed by atoms with E-state index in [0.29, 0.717) is 5.92 Å². The predicted molar refractivity (Wildman–Crippen MR) is 76.7 cm³/mol. The van der Waals surface area contributed by atoms with E-state index < -0.39 is 0 Å². The van der Waals surface area contributed by atoms with E-state index in [4.69, 9.17) is 5.73 Å². The molecule has 1 aliphatic rings. The Morgan fingerprint density at radius 2 is 1.89 bits per heavy atom. The number of benzene rings is 1. The van der Waals surface area contributed by atoms with Crippen LogP contribution >= 0.6 is 0 Å². The van der Waals surface area contributed by atoms with Gasteiger partial charge in [0.05, 0.1) is 6.20 Å². The largest absolute Gasteiger partial charge is 0.321 e. The Balaban J connectivity index is 1.72. The lowest BCUT2D eigenvalue weighted by Crippen LogP contribution is -2.39. The third kappa shape index (κ3) is 2.43. The minimum absolute atomic E-state index is 0.181. The Bertz CT molecular complexity index is 536. The third-order valence-electron chi connectivity index (χ3n) is 4.43. The fraction of sp³-hybridized carbons (Fsp3) is 0.438. The van der Waals surface area contributed by atoms with E-state index in [1.54, 1.807) is 0 Å². The van der Waals surface area contributed by atoms with Gasteiger partial charge in [-0.3, -0.25) is 4.68 Å². The summed E-state index contributed by atoms with van der Waals surface area (Å²) in [5, 5.41) is 4.25. The average molecular weight is 255 g/mol. The smallest absolute Gasteiger partial charge is 0.0540 e. The molecule has 0 amide bonds. The fourth-order valence-corrected chi connectivity index (χ4v) is 3.16. The second-order valence-corrected chi connectivity index (χ2v) is 5.74. The van der Waals surface area contributed by atoms with Gasteiger partial charge in [0.15, 0.2) is 0 Å². The summed E-state index contributed by atoms with van der Waals surface area (Å²) in [7, 11) is 1.95. The van der Waals surface area contributed by atoms with Gasteiger partial charge in [-0.2, -0.15) is 5.10 Å². The molecule has 100 valence electrons. The molecule has 1 aromatic heterocycles. The van der Waals surface area contributed by atoms with Crippen LogP contribution in [0.2, 0.25) is 0 Å². The van der Waals surface area contributed by atoms with Gasteiger partial charge in [-0.05, 0) is 37.2 Å². The molecule has 0 spiro atoms. The topological polar surface area (TPSA) is 43.8 Å². The highest BCUT2D eigenvalue weighted by Crippen LogP contribution is 2.41. The third-order valence-corrected chi connectivity index (χ3v) is 4.43. The molecule has 3 nitrogen and oxygen atoms in total. The minimum Gasteiger partial charge on any atom is -0.321 e. The molecule has 1 fully saturated rings. The van der Waals surface area contributed by atoms with Crippen molar-refractivity contribution >= 4 is 0 Å². The highest BCUT2D eigenvalue weighted by atomic mass is 15.2. The summed E-state index contributed by atoms with van der Waals surface area (Å²) < 4.78 is 1.84. The van der Waals surface area contributed by atoms with E-state index in [-0.39, 0.29) is 5.54 Å². The summed E-state index contributed by atoms with van der Waals surface area (Å²) in [6.07, 6.45) is 8.38. The summed E-state index contributed by atoms with van der Waals surface area (Å²) in [6, 6.07) is 10.8. The van der Waals surface area contributed by atoms with E-state index in [0.717, 1.165) is 25.7 Å². The van der Waals surface area contributed by atoms with E-state index in [2.05, 4.69) is 41.6 Å². The molecule has 0 aliphatic heterocycles. The van der Waals surface area contributed by atoms with Gasteiger partial charge >= 0.3 is 0 Å². The molecule has 3 heteroatoms. The average Bonchev–Trinajstić information content (AvgIpc) is 2.88. The number of nitrogens with zero attached hydrogens (tertiary/aromatic N) is 2. The Morgan fingerprint density at radius 1 is 1.21 bits per heavy atom. The molecule has 1 aliphatic carbocycles. The summed E-state index contributed by atoms with van der Waals surface area (Å²) >= 11 is 0. The predicted octanol–water partition coefficient (Wildman–Crippen LogP) is 2.93. The molecule has 19 heavy (non-hydrogen) atoms. The van der Waals surface area contributed by atoms with Crippen molar-refractivity contribution in [1.29, 1.82) is 0 Å². The van der Waals surface area contributed by atoms with Crippen LogP contribution < -0.4 is 5.73 Å². The van der Waals surface area contributed by atoms with Gasteiger partial charge < -0.3 is 5.73 Å². The normalized spacial score (nSPS) is 27.4. The molecule has 0 atom stereocenters. The van der Waals surface area contributed by atoms with E-state index in [1.807, 2.05) is 17.9 Å². The number of aryl methyl sites for hydroxylation is 1. The molecule has 0 saturated heterocycles. The van der Waals surface area contributed by atoms with Crippen LogP contribution in [0.25, 0.3) is 0 Å². The van der Waals surface area contributed by atoms with Crippen LogP contribution in [0.15, 0.2) is 42.7 Å². The maximum Gasteiger partial charge on any atom is 0.0540 e. The second kappa shape index (κ2) is 4.82. The molecule has 1 aromatic carbocycles. The van der Waals surface area contributed by atoms with Crippen molar-refractivity contribution in [1.82, 2.24) is 9.78 Å². The molecular formula is C16H21N3. The summed E-state index contributed by atoms with van der Waals surface area (Å²) in [4.78, 5) is 0. The standard InChI is InChI=1S/C16H21N3/c1-19-12-15(11-18-19)16(17)9-7-14(8-10-16)13-5-3-2-4-6-13/h2-6,11-12,14H,7-10,17H2,1H3. The molecule has 0 bridgehead atoms. The SMILES string of the molecule is Cn1cc(C2(N)CCC(c3ccccc3)CC2)cn1. The Labute approximate surface area is 114 Å². The highest BCUT2D eigenvalue weighted by Gasteiger charge is 2.34. The van der Waals surface area contributed by atoms with Gasteiger partial charge in [0.2, 0.25) is 0 Å². The minimum atomic E-state index is -0.181. The van der Waals surface area contributed by atoms with Crippen molar-refractivity contribution in [3.05, 3.63) is 53.9 Å². The summed E-state index contributed by atoms with van der Waals surface area (Å²) in [6.45, 7) is 0. The van der Waals surface area contributed by atoms with Crippen molar-refractivity contribution in [2.45, 2.75) is 37.1 Å². The maximum absolute atomic E-state index is 6.58. The van der Waals surface area contributed by atoms with Gasteiger partial charge in [0.25, 0.3) is 0 Å². The number of aromatic nitrogens is 2. The zero-order chi connectivity index (χ0) is 13.3. The lowest BCUT2D eigenvalue weighted by atomic mass is 9.72. The zero-order valence-corrected chi connectivity index (χ0v) is 11.4. The van der Waals surface area contributed by atoms with Crippen molar-refractivity contribution in [2.75, 3.05) is 0 Å². The first-order chi connectivity index (χ1) is 9.17. The van der Waals surface area contributed by atoms with Crippen LogP contribution in [0.3, 0.4) is 0 Å². The van der Waals surface area contributed by atoms with E-state index >= 15 is 0 Å². The highest BCUT2D eigenvalue weighted by molar-refractivity contribution is 5.24.